The minimum absolute atomic E-state index is 0.00291. The predicted molar refractivity (Wildman–Crippen MR) is 115 cm³/mol. The SMILES string of the molecule is O=C1C(Nc2cccc(C(F)(F)F)c2)=C(c2cccs2)C(=O)N1CCCN1CCOCC1. The van der Waals surface area contributed by atoms with Crippen molar-refractivity contribution in [2.24, 2.45) is 0 Å². The highest BCUT2D eigenvalue weighted by Gasteiger charge is 2.39. The van der Waals surface area contributed by atoms with Crippen LogP contribution in [0.15, 0.2) is 47.5 Å². The Hall–Kier alpha value is -2.69. The molecule has 1 aromatic carbocycles. The standard InChI is InChI=1S/C22H22F3N3O3S/c23-22(24,25)15-4-1-5-16(14-15)26-19-18(17-6-2-13-32-17)20(29)28(21(19)30)8-3-7-27-9-11-31-12-10-27/h1-2,4-6,13-14,26H,3,7-12H2. The number of benzene rings is 1. The Morgan fingerprint density at radius 1 is 1.03 bits per heavy atom. The molecule has 0 unspecified atom stereocenters. The van der Waals surface area contributed by atoms with Crippen LogP contribution in [0, 0.1) is 0 Å². The minimum Gasteiger partial charge on any atom is -0.379 e. The Labute approximate surface area is 187 Å². The number of halogens is 3. The molecule has 2 aliphatic rings. The van der Waals surface area contributed by atoms with Crippen molar-refractivity contribution < 1.29 is 27.5 Å². The van der Waals surface area contributed by atoms with E-state index in [1.165, 1.54) is 28.4 Å². The second kappa shape index (κ2) is 9.43. The molecule has 0 bridgehead atoms. The van der Waals surface area contributed by atoms with E-state index in [1.54, 1.807) is 17.5 Å². The van der Waals surface area contributed by atoms with Crippen LogP contribution in [-0.2, 0) is 20.5 Å². The van der Waals surface area contributed by atoms with Crippen molar-refractivity contribution in [3.8, 4) is 0 Å². The fourth-order valence-electron chi connectivity index (χ4n) is 3.74. The van der Waals surface area contributed by atoms with Crippen molar-refractivity contribution in [2.75, 3.05) is 44.7 Å². The molecule has 10 heteroatoms. The van der Waals surface area contributed by atoms with Gasteiger partial charge in [0.15, 0.2) is 0 Å². The molecule has 1 fully saturated rings. The summed E-state index contributed by atoms with van der Waals surface area (Å²) in [4.78, 5) is 30.2. The minimum atomic E-state index is -4.51. The molecule has 1 saturated heterocycles. The topological polar surface area (TPSA) is 61.9 Å². The van der Waals surface area contributed by atoms with Crippen LogP contribution in [0.25, 0.3) is 5.57 Å². The van der Waals surface area contributed by atoms with Crippen LogP contribution in [0.3, 0.4) is 0 Å². The summed E-state index contributed by atoms with van der Waals surface area (Å²) in [6.45, 7) is 3.90. The Morgan fingerprint density at radius 3 is 2.50 bits per heavy atom. The number of hydrogen-bond acceptors (Lipinski definition) is 6. The monoisotopic (exact) mass is 465 g/mol. The molecule has 4 rings (SSSR count). The van der Waals surface area contributed by atoms with Crippen LogP contribution < -0.4 is 5.32 Å². The molecule has 3 heterocycles. The number of nitrogens with zero attached hydrogens (tertiary/aromatic N) is 2. The summed E-state index contributed by atoms with van der Waals surface area (Å²) >= 11 is 1.30. The van der Waals surface area contributed by atoms with Gasteiger partial charge in [-0.1, -0.05) is 12.1 Å². The molecule has 0 spiro atoms. The maximum absolute atomic E-state index is 13.1. The summed E-state index contributed by atoms with van der Waals surface area (Å²) in [5.74, 6) is -0.966. The van der Waals surface area contributed by atoms with Gasteiger partial charge >= 0.3 is 6.18 Å². The maximum Gasteiger partial charge on any atom is 0.416 e. The van der Waals surface area contributed by atoms with Gasteiger partial charge in [0.05, 0.1) is 24.4 Å². The number of imide groups is 1. The van der Waals surface area contributed by atoms with E-state index in [1.807, 2.05) is 0 Å². The van der Waals surface area contributed by atoms with E-state index in [-0.39, 0.29) is 23.5 Å². The van der Waals surface area contributed by atoms with E-state index >= 15 is 0 Å². The van der Waals surface area contributed by atoms with Crippen molar-refractivity contribution in [1.29, 1.82) is 0 Å². The number of hydrogen-bond donors (Lipinski definition) is 1. The number of carbonyl (C=O) groups is 2. The first-order valence-electron chi connectivity index (χ1n) is 10.2. The zero-order valence-corrected chi connectivity index (χ0v) is 18.0. The lowest BCUT2D eigenvalue weighted by Crippen LogP contribution is -2.39. The van der Waals surface area contributed by atoms with Gasteiger partial charge in [0.2, 0.25) is 0 Å². The van der Waals surface area contributed by atoms with Gasteiger partial charge in [0.25, 0.3) is 11.8 Å². The van der Waals surface area contributed by atoms with Crippen LogP contribution >= 0.6 is 11.3 Å². The normalized spacial score (nSPS) is 18.0. The van der Waals surface area contributed by atoms with E-state index in [0.29, 0.717) is 24.5 Å². The smallest absolute Gasteiger partial charge is 0.379 e. The Kier molecular flexibility index (Phi) is 6.63. The van der Waals surface area contributed by atoms with Crippen molar-refractivity contribution in [2.45, 2.75) is 12.6 Å². The lowest BCUT2D eigenvalue weighted by molar-refractivity contribution is -0.138. The number of thiophene rings is 1. The van der Waals surface area contributed by atoms with Gasteiger partial charge in [-0.3, -0.25) is 19.4 Å². The summed E-state index contributed by atoms with van der Waals surface area (Å²) in [6, 6.07) is 8.06. The molecule has 2 aliphatic heterocycles. The van der Waals surface area contributed by atoms with Crippen LogP contribution in [0.2, 0.25) is 0 Å². The van der Waals surface area contributed by atoms with Gasteiger partial charge in [-0.25, -0.2) is 0 Å². The highest BCUT2D eigenvalue weighted by molar-refractivity contribution is 7.11. The van der Waals surface area contributed by atoms with Gasteiger partial charge in [-0.2, -0.15) is 13.2 Å². The molecule has 170 valence electrons. The highest BCUT2D eigenvalue weighted by Crippen LogP contribution is 2.35. The Bertz CT molecular complexity index is 1010. The van der Waals surface area contributed by atoms with Gasteiger partial charge < -0.3 is 10.1 Å². The number of ether oxygens (including phenoxy) is 1. The van der Waals surface area contributed by atoms with Crippen LogP contribution in [0.5, 0.6) is 0 Å². The third-order valence-electron chi connectivity index (χ3n) is 5.35. The molecule has 0 radical (unpaired) electrons. The summed E-state index contributed by atoms with van der Waals surface area (Å²) < 4.78 is 44.6. The molecular weight excluding hydrogens is 443 g/mol. The molecule has 1 aromatic heterocycles. The van der Waals surface area contributed by atoms with Crippen molar-refractivity contribution in [1.82, 2.24) is 9.80 Å². The Balaban J connectivity index is 1.54. The van der Waals surface area contributed by atoms with Crippen LogP contribution in [0.4, 0.5) is 18.9 Å². The van der Waals surface area contributed by atoms with Crippen molar-refractivity contribution >= 4 is 34.4 Å². The summed E-state index contributed by atoms with van der Waals surface area (Å²) in [7, 11) is 0. The fraction of sp³-hybridized carbons (Fsp3) is 0.364. The number of morpholine rings is 1. The average molecular weight is 465 g/mol. The average Bonchev–Trinajstić information content (AvgIpc) is 3.37. The van der Waals surface area contributed by atoms with Gasteiger partial charge in [-0.05, 0) is 36.1 Å². The third kappa shape index (κ3) is 4.87. The third-order valence-corrected chi connectivity index (χ3v) is 6.24. The van der Waals surface area contributed by atoms with E-state index < -0.39 is 23.6 Å². The van der Waals surface area contributed by atoms with E-state index in [2.05, 4.69) is 10.2 Å². The maximum atomic E-state index is 13.1. The summed E-state index contributed by atoms with van der Waals surface area (Å²) in [5.41, 5.74) is -0.544. The van der Waals surface area contributed by atoms with Crippen LogP contribution in [0.1, 0.15) is 16.9 Å². The summed E-state index contributed by atoms with van der Waals surface area (Å²) in [6.07, 6.45) is -3.91. The second-order valence-electron chi connectivity index (χ2n) is 7.50. The van der Waals surface area contributed by atoms with Gasteiger partial charge in [0, 0.05) is 36.7 Å². The van der Waals surface area contributed by atoms with E-state index in [9.17, 15) is 22.8 Å². The molecule has 2 aromatic rings. The van der Waals surface area contributed by atoms with Crippen molar-refractivity contribution in [3.05, 3.63) is 57.9 Å². The second-order valence-corrected chi connectivity index (χ2v) is 8.45. The van der Waals surface area contributed by atoms with Gasteiger partial charge in [0.1, 0.15) is 5.70 Å². The molecule has 2 amide bonds. The highest BCUT2D eigenvalue weighted by atomic mass is 32.1. The van der Waals surface area contributed by atoms with E-state index in [0.717, 1.165) is 31.8 Å². The molecule has 0 aliphatic carbocycles. The van der Waals surface area contributed by atoms with Gasteiger partial charge in [-0.15, -0.1) is 11.3 Å². The molecule has 0 saturated carbocycles. The largest absolute Gasteiger partial charge is 0.416 e. The first-order chi connectivity index (χ1) is 15.3. The summed E-state index contributed by atoms with van der Waals surface area (Å²) in [5, 5.41) is 4.57. The lowest BCUT2D eigenvalue weighted by atomic mass is 10.1. The fourth-order valence-corrected chi connectivity index (χ4v) is 4.51. The number of rotatable bonds is 7. The molecule has 0 atom stereocenters. The Morgan fingerprint density at radius 2 is 1.81 bits per heavy atom. The number of nitrogens with one attached hydrogen (secondary N) is 1. The first kappa shape index (κ1) is 22.5. The number of alkyl halides is 3. The quantitative estimate of drug-likeness (QED) is 0.633. The van der Waals surface area contributed by atoms with Crippen LogP contribution in [-0.4, -0.2) is 61.0 Å². The van der Waals surface area contributed by atoms with Crippen molar-refractivity contribution in [3.63, 3.8) is 0 Å². The predicted octanol–water partition coefficient (Wildman–Crippen LogP) is 3.68. The first-order valence-corrected chi connectivity index (χ1v) is 11.1. The molecule has 1 N–H and O–H groups in total. The molecule has 32 heavy (non-hydrogen) atoms. The zero-order chi connectivity index (χ0) is 22.7. The molecule has 6 nitrogen and oxygen atoms in total. The lowest BCUT2D eigenvalue weighted by Gasteiger charge is -2.27. The number of anilines is 1. The molecular formula is C22H22F3N3O3S. The zero-order valence-electron chi connectivity index (χ0n) is 17.2. The number of carbonyl (C=O) groups excluding carboxylic acids is 2. The number of amides is 2. The van der Waals surface area contributed by atoms with E-state index in [4.69, 9.17) is 4.74 Å².